The van der Waals surface area contributed by atoms with Crippen LogP contribution in [0.4, 0.5) is 0 Å². The van der Waals surface area contributed by atoms with Gasteiger partial charge in [-0.05, 0) is 24.5 Å². The quantitative estimate of drug-likeness (QED) is 0.786. The van der Waals surface area contributed by atoms with E-state index in [0.717, 1.165) is 5.56 Å². The normalized spacial score (nSPS) is 15.2. The zero-order valence-electron chi connectivity index (χ0n) is 8.29. The Bertz CT molecular complexity index is 345. The van der Waals surface area contributed by atoms with E-state index in [1.807, 2.05) is 18.3 Å². The summed E-state index contributed by atoms with van der Waals surface area (Å²) in [4.78, 5) is 15.1. The summed E-state index contributed by atoms with van der Waals surface area (Å²) in [6, 6.07) is 3.96. The number of rotatable bonds is 3. The van der Waals surface area contributed by atoms with Crippen molar-refractivity contribution in [2.24, 2.45) is 0 Å². The zero-order chi connectivity index (χ0) is 9.97. The van der Waals surface area contributed by atoms with Crippen molar-refractivity contribution in [2.75, 3.05) is 0 Å². The highest BCUT2D eigenvalue weighted by atomic mass is 16.1. The second kappa shape index (κ2) is 3.78. The molecule has 1 amide bonds. The Hall–Kier alpha value is -1.38. The van der Waals surface area contributed by atoms with E-state index in [4.69, 9.17) is 0 Å². The Labute approximate surface area is 83.5 Å². The summed E-state index contributed by atoms with van der Waals surface area (Å²) in [6.45, 7) is 2.14. The summed E-state index contributed by atoms with van der Waals surface area (Å²) in [7, 11) is 0. The van der Waals surface area contributed by atoms with E-state index in [-0.39, 0.29) is 5.91 Å². The van der Waals surface area contributed by atoms with Crippen molar-refractivity contribution in [1.82, 2.24) is 10.3 Å². The van der Waals surface area contributed by atoms with Crippen LogP contribution in [-0.4, -0.2) is 10.9 Å². The molecule has 74 valence electrons. The molecule has 1 heterocycles. The summed E-state index contributed by atoms with van der Waals surface area (Å²) in [6.07, 6.45) is 4.30. The molecule has 3 nitrogen and oxygen atoms in total. The minimum atomic E-state index is 0.00981. The van der Waals surface area contributed by atoms with E-state index >= 15 is 0 Å². The first-order valence-corrected chi connectivity index (χ1v) is 4.95. The van der Waals surface area contributed by atoms with Crippen molar-refractivity contribution >= 4 is 5.91 Å². The van der Waals surface area contributed by atoms with E-state index in [1.54, 1.807) is 0 Å². The predicted molar refractivity (Wildman–Crippen MR) is 53.7 cm³/mol. The largest absolute Gasteiger partial charge is 0.352 e. The highest BCUT2D eigenvalue weighted by Crippen LogP contribution is 2.40. The van der Waals surface area contributed by atoms with Gasteiger partial charge in [0.2, 0.25) is 5.91 Å². The molecule has 1 aliphatic rings. The fraction of sp³-hybridized carbons (Fsp3) is 0.455. The highest BCUT2D eigenvalue weighted by molar-refractivity contribution is 5.72. The van der Waals surface area contributed by atoms with Crippen LogP contribution in [0.5, 0.6) is 0 Å². The molecule has 0 radical (unpaired) electrons. The topological polar surface area (TPSA) is 42.0 Å². The molecule has 1 saturated carbocycles. The monoisotopic (exact) mass is 190 g/mol. The number of nitrogens with zero attached hydrogens (tertiary/aromatic N) is 1. The SMILES string of the molecule is CC(=O)NCc1cccnc1C1CC1. The number of aromatic nitrogens is 1. The molecule has 0 bridgehead atoms. The van der Waals surface area contributed by atoms with Gasteiger partial charge in [0.25, 0.3) is 0 Å². The second-order valence-electron chi connectivity index (χ2n) is 3.73. The minimum Gasteiger partial charge on any atom is -0.352 e. The molecule has 0 atom stereocenters. The molecule has 1 aromatic rings. The lowest BCUT2D eigenvalue weighted by molar-refractivity contribution is -0.119. The van der Waals surface area contributed by atoms with Crippen molar-refractivity contribution in [3.8, 4) is 0 Å². The van der Waals surface area contributed by atoms with E-state index in [0.29, 0.717) is 12.5 Å². The van der Waals surface area contributed by atoms with Gasteiger partial charge >= 0.3 is 0 Å². The van der Waals surface area contributed by atoms with Crippen LogP contribution in [0.2, 0.25) is 0 Å². The third-order valence-electron chi connectivity index (χ3n) is 2.42. The zero-order valence-corrected chi connectivity index (χ0v) is 8.29. The second-order valence-corrected chi connectivity index (χ2v) is 3.73. The lowest BCUT2D eigenvalue weighted by atomic mass is 10.1. The van der Waals surface area contributed by atoms with Crippen molar-refractivity contribution in [3.63, 3.8) is 0 Å². The van der Waals surface area contributed by atoms with Crippen LogP contribution in [0.25, 0.3) is 0 Å². The fourth-order valence-electron chi connectivity index (χ4n) is 1.54. The molecule has 1 fully saturated rings. The van der Waals surface area contributed by atoms with Crippen LogP contribution in [0, 0.1) is 0 Å². The number of amides is 1. The average molecular weight is 190 g/mol. The number of pyridine rings is 1. The molecule has 0 aliphatic heterocycles. The van der Waals surface area contributed by atoms with Crippen LogP contribution in [0.3, 0.4) is 0 Å². The first-order chi connectivity index (χ1) is 6.77. The van der Waals surface area contributed by atoms with E-state index in [1.165, 1.54) is 25.5 Å². The maximum absolute atomic E-state index is 10.8. The summed E-state index contributed by atoms with van der Waals surface area (Å²) in [5.74, 6) is 0.649. The molecule has 3 heteroatoms. The van der Waals surface area contributed by atoms with E-state index in [9.17, 15) is 4.79 Å². The first kappa shape index (κ1) is 9.19. The Morgan fingerprint density at radius 3 is 3.07 bits per heavy atom. The number of carbonyl (C=O) groups is 1. The van der Waals surface area contributed by atoms with Crippen LogP contribution in [0.15, 0.2) is 18.3 Å². The smallest absolute Gasteiger partial charge is 0.217 e. The van der Waals surface area contributed by atoms with Gasteiger partial charge in [0, 0.05) is 31.3 Å². The van der Waals surface area contributed by atoms with Crippen LogP contribution < -0.4 is 5.32 Å². The van der Waals surface area contributed by atoms with Crippen molar-refractivity contribution in [3.05, 3.63) is 29.6 Å². The van der Waals surface area contributed by atoms with Gasteiger partial charge in [-0.1, -0.05) is 6.07 Å². The van der Waals surface area contributed by atoms with Crippen molar-refractivity contribution in [1.29, 1.82) is 0 Å². The first-order valence-electron chi connectivity index (χ1n) is 4.95. The fourth-order valence-corrected chi connectivity index (χ4v) is 1.54. The van der Waals surface area contributed by atoms with Gasteiger partial charge in [0.15, 0.2) is 0 Å². The molecule has 1 N–H and O–H groups in total. The van der Waals surface area contributed by atoms with Gasteiger partial charge in [0.1, 0.15) is 0 Å². The van der Waals surface area contributed by atoms with Crippen molar-refractivity contribution < 1.29 is 4.79 Å². The molecular weight excluding hydrogens is 176 g/mol. The van der Waals surface area contributed by atoms with Crippen LogP contribution in [-0.2, 0) is 11.3 Å². The number of carbonyl (C=O) groups excluding carboxylic acids is 1. The molecule has 1 aliphatic carbocycles. The summed E-state index contributed by atoms with van der Waals surface area (Å²) in [5, 5.41) is 2.81. The molecule has 14 heavy (non-hydrogen) atoms. The Morgan fingerprint density at radius 2 is 2.43 bits per heavy atom. The van der Waals surface area contributed by atoms with Crippen molar-refractivity contribution in [2.45, 2.75) is 32.2 Å². The van der Waals surface area contributed by atoms with Crippen LogP contribution in [0.1, 0.15) is 36.9 Å². The minimum absolute atomic E-state index is 0.00981. The van der Waals surface area contributed by atoms with Crippen LogP contribution >= 0.6 is 0 Å². The lowest BCUT2D eigenvalue weighted by Crippen LogP contribution is -2.20. The standard InChI is InChI=1S/C11H14N2O/c1-8(14)13-7-10-3-2-6-12-11(10)9-4-5-9/h2-3,6,9H,4-5,7H2,1H3,(H,13,14). The average Bonchev–Trinajstić information content (AvgIpc) is 2.98. The molecule has 0 spiro atoms. The molecule has 0 aromatic carbocycles. The third kappa shape index (κ3) is 2.10. The Morgan fingerprint density at radius 1 is 1.64 bits per heavy atom. The molecule has 2 rings (SSSR count). The third-order valence-corrected chi connectivity index (χ3v) is 2.42. The lowest BCUT2D eigenvalue weighted by Gasteiger charge is -2.07. The van der Waals surface area contributed by atoms with E-state index in [2.05, 4.69) is 10.3 Å². The van der Waals surface area contributed by atoms with Gasteiger partial charge in [-0.3, -0.25) is 9.78 Å². The van der Waals surface area contributed by atoms with Gasteiger partial charge in [-0.15, -0.1) is 0 Å². The number of hydrogen-bond acceptors (Lipinski definition) is 2. The Balaban J connectivity index is 2.10. The summed E-state index contributed by atoms with van der Waals surface area (Å²) in [5.41, 5.74) is 2.33. The number of nitrogens with one attached hydrogen (secondary N) is 1. The predicted octanol–water partition coefficient (Wildman–Crippen LogP) is 1.60. The molecular formula is C11H14N2O. The van der Waals surface area contributed by atoms with E-state index < -0.39 is 0 Å². The molecule has 0 saturated heterocycles. The van der Waals surface area contributed by atoms with Gasteiger partial charge in [0.05, 0.1) is 0 Å². The summed E-state index contributed by atoms with van der Waals surface area (Å²) < 4.78 is 0. The Kier molecular flexibility index (Phi) is 2.48. The summed E-state index contributed by atoms with van der Waals surface area (Å²) >= 11 is 0. The highest BCUT2D eigenvalue weighted by Gasteiger charge is 2.26. The van der Waals surface area contributed by atoms with Gasteiger partial charge < -0.3 is 5.32 Å². The maximum atomic E-state index is 10.8. The maximum Gasteiger partial charge on any atom is 0.217 e. The van der Waals surface area contributed by atoms with Gasteiger partial charge in [-0.25, -0.2) is 0 Å². The van der Waals surface area contributed by atoms with Gasteiger partial charge in [-0.2, -0.15) is 0 Å². The molecule has 1 aromatic heterocycles. The number of hydrogen-bond donors (Lipinski definition) is 1. The molecule has 0 unspecified atom stereocenters.